The molecule has 1 aliphatic rings. The van der Waals surface area contributed by atoms with Crippen LogP contribution < -0.4 is 5.32 Å². The van der Waals surface area contributed by atoms with E-state index >= 15 is 0 Å². The van der Waals surface area contributed by atoms with E-state index in [2.05, 4.69) is 24.1 Å². The van der Waals surface area contributed by atoms with Gasteiger partial charge in [0.2, 0.25) is 0 Å². The summed E-state index contributed by atoms with van der Waals surface area (Å²) >= 11 is 0. The fourth-order valence-electron chi connectivity index (χ4n) is 2.45. The molecule has 0 aliphatic heterocycles. The summed E-state index contributed by atoms with van der Waals surface area (Å²) in [5.41, 5.74) is 3.50. The summed E-state index contributed by atoms with van der Waals surface area (Å²) in [6.07, 6.45) is 4.68. The van der Waals surface area contributed by atoms with E-state index in [9.17, 15) is 0 Å². The van der Waals surface area contributed by atoms with Crippen LogP contribution in [0.1, 0.15) is 31.1 Å². The Hall–Kier alpha value is -1.55. The summed E-state index contributed by atoms with van der Waals surface area (Å²) in [6, 6.07) is 2.54. The Morgan fingerprint density at radius 1 is 1.44 bits per heavy atom. The highest BCUT2D eigenvalue weighted by molar-refractivity contribution is 5.66. The van der Waals surface area contributed by atoms with Gasteiger partial charge < -0.3 is 14.7 Å². The Morgan fingerprint density at radius 3 is 3.17 bits per heavy atom. The van der Waals surface area contributed by atoms with Gasteiger partial charge in [0.15, 0.2) is 0 Å². The number of rotatable bonds is 4. The van der Waals surface area contributed by atoms with Crippen molar-refractivity contribution >= 4 is 0 Å². The molecule has 0 saturated carbocycles. The summed E-state index contributed by atoms with van der Waals surface area (Å²) in [7, 11) is 0. The van der Waals surface area contributed by atoms with Crippen molar-refractivity contribution in [1.29, 1.82) is 0 Å². The SMILES string of the molecule is CC(C)NCCc1nc2c([nH]1)CCc1occc1-2. The highest BCUT2D eigenvalue weighted by Crippen LogP contribution is 2.32. The van der Waals surface area contributed by atoms with Gasteiger partial charge in [0.1, 0.15) is 11.6 Å². The fraction of sp³-hybridized carbons (Fsp3) is 0.500. The Morgan fingerprint density at radius 2 is 2.33 bits per heavy atom. The van der Waals surface area contributed by atoms with Gasteiger partial charge in [0, 0.05) is 36.7 Å². The summed E-state index contributed by atoms with van der Waals surface area (Å²) in [5, 5.41) is 3.41. The molecular formula is C14H19N3O. The molecule has 96 valence electrons. The van der Waals surface area contributed by atoms with Gasteiger partial charge in [-0.15, -0.1) is 0 Å². The fourth-order valence-corrected chi connectivity index (χ4v) is 2.45. The average Bonchev–Trinajstić information content (AvgIpc) is 2.92. The zero-order chi connectivity index (χ0) is 12.5. The van der Waals surface area contributed by atoms with Crippen molar-refractivity contribution < 1.29 is 4.42 Å². The van der Waals surface area contributed by atoms with Gasteiger partial charge in [0.05, 0.1) is 12.0 Å². The number of nitrogens with one attached hydrogen (secondary N) is 2. The highest BCUT2D eigenvalue weighted by atomic mass is 16.3. The van der Waals surface area contributed by atoms with Crippen LogP contribution in [-0.2, 0) is 19.3 Å². The molecule has 0 spiro atoms. The van der Waals surface area contributed by atoms with Crippen LogP contribution in [0.5, 0.6) is 0 Å². The quantitative estimate of drug-likeness (QED) is 0.869. The summed E-state index contributed by atoms with van der Waals surface area (Å²) in [6.45, 7) is 5.28. The van der Waals surface area contributed by atoms with E-state index in [1.807, 2.05) is 6.07 Å². The maximum absolute atomic E-state index is 5.47. The number of aromatic amines is 1. The van der Waals surface area contributed by atoms with E-state index < -0.39 is 0 Å². The minimum atomic E-state index is 0.523. The van der Waals surface area contributed by atoms with Gasteiger partial charge >= 0.3 is 0 Å². The lowest BCUT2D eigenvalue weighted by Gasteiger charge is -2.08. The van der Waals surface area contributed by atoms with Crippen LogP contribution in [0.2, 0.25) is 0 Å². The molecular weight excluding hydrogens is 226 g/mol. The lowest BCUT2D eigenvalue weighted by Crippen LogP contribution is -2.25. The largest absolute Gasteiger partial charge is 0.469 e. The average molecular weight is 245 g/mol. The maximum atomic E-state index is 5.47. The normalized spacial score (nSPS) is 13.7. The van der Waals surface area contributed by atoms with E-state index in [0.29, 0.717) is 6.04 Å². The molecule has 0 aromatic carbocycles. The predicted molar refractivity (Wildman–Crippen MR) is 70.5 cm³/mol. The second kappa shape index (κ2) is 4.61. The Labute approximate surface area is 107 Å². The summed E-state index contributed by atoms with van der Waals surface area (Å²) < 4.78 is 5.47. The second-order valence-corrected chi connectivity index (χ2v) is 5.13. The highest BCUT2D eigenvalue weighted by Gasteiger charge is 2.22. The number of imidazole rings is 1. The Bertz CT molecular complexity index is 539. The van der Waals surface area contributed by atoms with Gasteiger partial charge in [-0.1, -0.05) is 13.8 Å². The molecule has 3 rings (SSSR count). The number of hydrogen-bond acceptors (Lipinski definition) is 3. The van der Waals surface area contributed by atoms with E-state index in [0.717, 1.165) is 48.6 Å². The van der Waals surface area contributed by atoms with E-state index in [-0.39, 0.29) is 0 Å². The minimum Gasteiger partial charge on any atom is -0.469 e. The Kier molecular flexibility index (Phi) is 2.96. The van der Waals surface area contributed by atoms with Crippen molar-refractivity contribution in [1.82, 2.24) is 15.3 Å². The number of fused-ring (bicyclic) bond motifs is 3. The van der Waals surface area contributed by atoms with Crippen LogP contribution in [0.15, 0.2) is 16.7 Å². The van der Waals surface area contributed by atoms with Crippen LogP contribution in [0.25, 0.3) is 11.3 Å². The topological polar surface area (TPSA) is 53.9 Å². The first-order valence-corrected chi connectivity index (χ1v) is 6.62. The van der Waals surface area contributed by atoms with Crippen LogP contribution in [-0.4, -0.2) is 22.6 Å². The third kappa shape index (κ3) is 2.08. The van der Waals surface area contributed by atoms with Crippen molar-refractivity contribution in [2.24, 2.45) is 0 Å². The minimum absolute atomic E-state index is 0.523. The van der Waals surface area contributed by atoms with E-state index in [1.54, 1.807) is 6.26 Å². The third-order valence-electron chi connectivity index (χ3n) is 3.34. The van der Waals surface area contributed by atoms with Crippen molar-refractivity contribution in [2.75, 3.05) is 6.54 Å². The molecule has 2 aromatic rings. The van der Waals surface area contributed by atoms with E-state index in [4.69, 9.17) is 9.40 Å². The Balaban J connectivity index is 1.77. The van der Waals surface area contributed by atoms with Crippen LogP contribution >= 0.6 is 0 Å². The van der Waals surface area contributed by atoms with Crippen LogP contribution in [0.3, 0.4) is 0 Å². The molecule has 0 unspecified atom stereocenters. The molecule has 2 aromatic heterocycles. The zero-order valence-corrected chi connectivity index (χ0v) is 10.9. The number of aryl methyl sites for hydroxylation is 2. The van der Waals surface area contributed by atoms with Gasteiger partial charge in [-0.3, -0.25) is 0 Å². The van der Waals surface area contributed by atoms with Gasteiger partial charge in [0.25, 0.3) is 0 Å². The van der Waals surface area contributed by atoms with Crippen molar-refractivity contribution in [3.8, 4) is 11.3 Å². The summed E-state index contributed by atoms with van der Waals surface area (Å²) in [5.74, 6) is 2.14. The molecule has 18 heavy (non-hydrogen) atoms. The number of H-pyrrole nitrogens is 1. The van der Waals surface area contributed by atoms with Gasteiger partial charge in [-0.25, -0.2) is 4.98 Å². The molecule has 0 bridgehead atoms. The molecule has 0 fully saturated rings. The second-order valence-electron chi connectivity index (χ2n) is 5.13. The molecule has 0 radical (unpaired) electrons. The maximum Gasteiger partial charge on any atom is 0.113 e. The molecule has 1 aliphatic carbocycles. The molecule has 0 saturated heterocycles. The van der Waals surface area contributed by atoms with Gasteiger partial charge in [-0.05, 0) is 12.5 Å². The molecule has 0 amide bonds. The van der Waals surface area contributed by atoms with Crippen LogP contribution in [0, 0.1) is 0 Å². The molecule has 4 heteroatoms. The lowest BCUT2D eigenvalue weighted by molar-refractivity contribution is 0.506. The predicted octanol–water partition coefficient (Wildman–Crippen LogP) is 2.31. The first kappa shape index (κ1) is 11.5. The number of aromatic nitrogens is 2. The standard InChI is InChI=1S/C14H19N3O/c1-9(2)15-7-5-13-16-11-3-4-12-10(6-8-18-12)14(11)17-13/h6,8-9,15H,3-5,7H2,1-2H3,(H,16,17). The lowest BCUT2D eigenvalue weighted by atomic mass is 10.00. The molecule has 2 N–H and O–H groups in total. The van der Waals surface area contributed by atoms with E-state index in [1.165, 1.54) is 5.69 Å². The van der Waals surface area contributed by atoms with Crippen LogP contribution in [0.4, 0.5) is 0 Å². The number of hydrogen-bond donors (Lipinski definition) is 2. The zero-order valence-electron chi connectivity index (χ0n) is 10.9. The summed E-state index contributed by atoms with van der Waals surface area (Å²) in [4.78, 5) is 8.15. The first-order chi connectivity index (χ1) is 8.74. The molecule has 4 nitrogen and oxygen atoms in total. The van der Waals surface area contributed by atoms with Crippen molar-refractivity contribution in [3.63, 3.8) is 0 Å². The monoisotopic (exact) mass is 245 g/mol. The van der Waals surface area contributed by atoms with Gasteiger partial charge in [-0.2, -0.15) is 0 Å². The molecule has 2 heterocycles. The smallest absolute Gasteiger partial charge is 0.113 e. The number of nitrogens with zero attached hydrogens (tertiary/aromatic N) is 1. The number of furan rings is 1. The van der Waals surface area contributed by atoms with Crippen molar-refractivity contribution in [3.05, 3.63) is 29.6 Å². The first-order valence-electron chi connectivity index (χ1n) is 6.62. The third-order valence-corrected chi connectivity index (χ3v) is 3.34. The molecule has 0 atom stereocenters. The van der Waals surface area contributed by atoms with Crippen molar-refractivity contribution in [2.45, 2.75) is 39.2 Å².